The highest BCUT2D eigenvalue weighted by atomic mass is 16.6. The Balaban J connectivity index is 2.43. The van der Waals surface area contributed by atoms with Crippen LogP contribution in [-0.2, 0) is 0 Å². The van der Waals surface area contributed by atoms with Crippen LogP contribution in [0.4, 0.5) is 17.1 Å². The van der Waals surface area contributed by atoms with Crippen molar-refractivity contribution >= 4 is 23.0 Å². The van der Waals surface area contributed by atoms with Gasteiger partial charge >= 0.3 is 11.4 Å². The number of likely N-dealkylation sites (N-methyl/N-ethyl adjacent to an activating group) is 1. The van der Waals surface area contributed by atoms with Crippen molar-refractivity contribution in [3.8, 4) is 0 Å². The van der Waals surface area contributed by atoms with Gasteiger partial charge in [0.05, 0.1) is 9.85 Å². The van der Waals surface area contributed by atoms with Gasteiger partial charge in [0.1, 0.15) is 0 Å². The van der Waals surface area contributed by atoms with Crippen molar-refractivity contribution in [2.24, 2.45) is 0 Å². The summed E-state index contributed by atoms with van der Waals surface area (Å²) < 4.78 is 0. The number of carbonyl (C=O) groups is 1. The highest BCUT2D eigenvalue weighted by Crippen LogP contribution is 2.28. The van der Waals surface area contributed by atoms with E-state index in [1.807, 2.05) is 25.1 Å². The number of hydrogen-bond acceptors (Lipinski definition) is 6. The fraction of sp³-hybridized carbons (Fsp3) is 0.235. The van der Waals surface area contributed by atoms with E-state index in [2.05, 4.69) is 0 Å². The van der Waals surface area contributed by atoms with Crippen LogP contribution >= 0.6 is 0 Å². The normalized spacial score (nSPS) is 10.6. The molecule has 1 amide bonds. The Labute approximate surface area is 149 Å². The molecule has 0 atom stereocenters. The van der Waals surface area contributed by atoms with Crippen molar-refractivity contribution in [1.82, 2.24) is 4.90 Å². The Bertz CT molecular complexity index is 823. The number of hydrogen-bond donors (Lipinski definition) is 0. The van der Waals surface area contributed by atoms with E-state index >= 15 is 0 Å². The topological polar surface area (TPSA) is 110 Å². The smallest absolute Gasteiger partial charge is 0.308 e. The van der Waals surface area contributed by atoms with Crippen LogP contribution in [0.3, 0.4) is 0 Å². The van der Waals surface area contributed by atoms with E-state index in [-0.39, 0.29) is 5.56 Å². The minimum Gasteiger partial charge on any atom is -0.308 e. The summed E-state index contributed by atoms with van der Waals surface area (Å²) in [7, 11) is 3.73. The number of nitro groups is 2. The molecule has 0 aromatic heterocycles. The van der Waals surface area contributed by atoms with E-state index in [0.29, 0.717) is 18.8 Å². The molecule has 0 bridgehead atoms. The molecule has 9 nitrogen and oxygen atoms in total. The number of anilines is 1. The van der Waals surface area contributed by atoms with Gasteiger partial charge in [0.2, 0.25) is 0 Å². The molecular weight excluding hydrogens is 340 g/mol. The number of para-hydroxylation sites is 1. The van der Waals surface area contributed by atoms with Crippen LogP contribution in [0.25, 0.3) is 0 Å². The van der Waals surface area contributed by atoms with Gasteiger partial charge in [0, 0.05) is 36.5 Å². The lowest BCUT2D eigenvalue weighted by molar-refractivity contribution is -0.422. The summed E-state index contributed by atoms with van der Waals surface area (Å²) in [5.74, 6) is -0.462. The Morgan fingerprint density at radius 2 is 1.54 bits per heavy atom. The van der Waals surface area contributed by atoms with Crippen LogP contribution in [0.2, 0.25) is 0 Å². The quantitative estimate of drug-likeness (QED) is 0.556. The van der Waals surface area contributed by atoms with Crippen LogP contribution in [0.15, 0.2) is 48.5 Å². The minimum atomic E-state index is -0.860. The van der Waals surface area contributed by atoms with E-state index in [1.165, 1.54) is 11.0 Å². The zero-order valence-corrected chi connectivity index (χ0v) is 14.4. The molecule has 2 aromatic carbocycles. The lowest BCUT2D eigenvalue weighted by atomic mass is 10.1. The molecule has 0 aliphatic carbocycles. The summed E-state index contributed by atoms with van der Waals surface area (Å²) >= 11 is 0. The minimum absolute atomic E-state index is 0.0184. The van der Waals surface area contributed by atoms with Crippen molar-refractivity contribution in [3.63, 3.8) is 0 Å². The third-order valence-corrected chi connectivity index (χ3v) is 3.70. The molecule has 0 saturated carbocycles. The molecule has 0 aliphatic heterocycles. The van der Waals surface area contributed by atoms with Crippen LogP contribution in [-0.4, -0.2) is 47.8 Å². The van der Waals surface area contributed by atoms with Gasteiger partial charge in [0.25, 0.3) is 5.91 Å². The SMILES string of the molecule is CN(C)CCN(C(=O)c1ccc([N+](=O)[O-])c([N+](=O)[O-])c1)c1ccccc1. The molecule has 0 spiro atoms. The molecule has 0 fully saturated rings. The summed E-state index contributed by atoms with van der Waals surface area (Å²) in [4.78, 5) is 36.7. The molecule has 0 unspecified atom stereocenters. The standard InChI is InChI=1S/C17H18N4O5/c1-18(2)10-11-19(14-6-4-3-5-7-14)17(22)13-8-9-15(20(23)24)16(12-13)21(25)26/h3-9,12H,10-11H2,1-2H3. The van der Waals surface area contributed by atoms with Gasteiger partial charge in [-0.2, -0.15) is 0 Å². The van der Waals surface area contributed by atoms with Gasteiger partial charge < -0.3 is 9.80 Å². The molecule has 9 heteroatoms. The Morgan fingerprint density at radius 1 is 0.923 bits per heavy atom. The molecule has 0 radical (unpaired) electrons. The van der Waals surface area contributed by atoms with Crippen LogP contribution in [0, 0.1) is 20.2 Å². The first-order valence-corrected chi connectivity index (χ1v) is 7.75. The maximum atomic E-state index is 12.9. The van der Waals surface area contributed by atoms with Crippen molar-refractivity contribution in [2.45, 2.75) is 0 Å². The number of benzene rings is 2. The second kappa shape index (κ2) is 8.17. The van der Waals surface area contributed by atoms with Gasteiger partial charge in [-0.1, -0.05) is 18.2 Å². The fourth-order valence-electron chi connectivity index (χ4n) is 2.37. The highest BCUT2D eigenvalue weighted by Gasteiger charge is 2.27. The average molecular weight is 358 g/mol. The van der Waals surface area contributed by atoms with Crippen LogP contribution < -0.4 is 4.90 Å². The summed E-state index contributed by atoms with van der Waals surface area (Å²) in [6.45, 7) is 0.941. The summed E-state index contributed by atoms with van der Waals surface area (Å²) in [5, 5.41) is 22.1. The first-order valence-electron chi connectivity index (χ1n) is 7.75. The average Bonchev–Trinajstić information content (AvgIpc) is 2.61. The molecule has 26 heavy (non-hydrogen) atoms. The Morgan fingerprint density at radius 3 is 2.08 bits per heavy atom. The number of nitrogens with zero attached hydrogens (tertiary/aromatic N) is 4. The lowest BCUT2D eigenvalue weighted by Crippen LogP contribution is -2.36. The lowest BCUT2D eigenvalue weighted by Gasteiger charge is -2.24. The molecule has 0 heterocycles. The first kappa shape index (κ1) is 19.0. The molecule has 2 aromatic rings. The number of carbonyl (C=O) groups excluding carboxylic acids is 1. The van der Waals surface area contributed by atoms with Gasteiger partial charge in [-0.05, 0) is 32.3 Å². The maximum absolute atomic E-state index is 12.9. The number of rotatable bonds is 7. The van der Waals surface area contributed by atoms with Gasteiger partial charge in [-0.15, -0.1) is 0 Å². The van der Waals surface area contributed by atoms with Gasteiger partial charge in [0.15, 0.2) is 0 Å². The second-order valence-corrected chi connectivity index (χ2v) is 5.81. The van der Waals surface area contributed by atoms with Gasteiger partial charge in [-0.25, -0.2) is 0 Å². The van der Waals surface area contributed by atoms with Crippen molar-refractivity contribution in [3.05, 3.63) is 74.3 Å². The molecule has 0 saturated heterocycles. The predicted molar refractivity (Wildman–Crippen MR) is 96.4 cm³/mol. The van der Waals surface area contributed by atoms with E-state index in [4.69, 9.17) is 0 Å². The summed E-state index contributed by atoms with van der Waals surface area (Å²) in [5.41, 5.74) is -0.696. The third-order valence-electron chi connectivity index (χ3n) is 3.70. The number of amides is 1. The zero-order valence-electron chi connectivity index (χ0n) is 14.4. The van der Waals surface area contributed by atoms with E-state index in [1.54, 1.807) is 24.3 Å². The van der Waals surface area contributed by atoms with E-state index in [9.17, 15) is 25.0 Å². The van der Waals surface area contributed by atoms with Crippen molar-refractivity contribution in [2.75, 3.05) is 32.1 Å². The largest absolute Gasteiger partial charge is 0.346 e. The maximum Gasteiger partial charge on any atom is 0.346 e. The van der Waals surface area contributed by atoms with E-state index < -0.39 is 27.1 Å². The Kier molecular flexibility index (Phi) is 5.97. The molecule has 0 N–H and O–H groups in total. The third kappa shape index (κ3) is 4.39. The van der Waals surface area contributed by atoms with Crippen LogP contribution in [0.5, 0.6) is 0 Å². The fourth-order valence-corrected chi connectivity index (χ4v) is 2.37. The predicted octanol–water partition coefficient (Wildman–Crippen LogP) is 2.71. The molecule has 136 valence electrons. The monoisotopic (exact) mass is 358 g/mol. The summed E-state index contributed by atoms with van der Waals surface area (Å²) in [6, 6.07) is 12.1. The number of nitro benzene ring substituents is 2. The second-order valence-electron chi connectivity index (χ2n) is 5.81. The Hall–Kier alpha value is -3.33. The highest BCUT2D eigenvalue weighted by molar-refractivity contribution is 6.06. The van der Waals surface area contributed by atoms with Crippen molar-refractivity contribution in [1.29, 1.82) is 0 Å². The summed E-state index contributed by atoms with van der Waals surface area (Å²) in [6.07, 6.45) is 0. The first-order chi connectivity index (χ1) is 12.3. The molecule has 0 aliphatic rings. The molecular formula is C17H18N4O5. The van der Waals surface area contributed by atoms with E-state index in [0.717, 1.165) is 12.1 Å². The molecule has 2 rings (SSSR count). The van der Waals surface area contributed by atoms with Crippen molar-refractivity contribution < 1.29 is 14.6 Å². The zero-order chi connectivity index (χ0) is 19.3. The van der Waals surface area contributed by atoms with Gasteiger partial charge in [-0.3, -0.25) is 25.0 Å². The van der Waals surface area contributed by atoms with Crippen LogP contribution in [0.1, 0.15) is 10.4 Å².